The quantitative estimate of drug-likeness (QED) is 0.143. The molecule has 0 bridgehead atoms. The van der Waals surface area contributed by atoms with E-state index >= 15 is 0 Å². The van der Waals surface area contributed by atoms with Gasteiger partial charge in [-0.3, -0.25) is 4.79 Å². The minimum absolute atomic E-state index is 0.0320. The van der Waals surface area contributed by atoms with Crippen molar-refractivity contribution in [3.05, 3.63) is 81.9 Å². The van der Waals surface area contributed by atoms with Crippen LogP contribution in [-0.4, -0.2) is 57.2 Å². The van der Waals surface area contributed by atoms with E-state index in [4.69, 9.17) is 17.0 Å². The molecule has 1 atom stereocenters. The van der Waals surface area contributed by atoms with Crippen molar-refractivity contribution in [3.63, 3.8) is 0 Å². The molecule has 0 saturated heterocycles. The second-order valence-electron chi connectivity index (χ2n) is 10.3. The average molecular weight is 671 g/mol. The average Bonchev–Trinajstić information content (AvgIpc) is 3.32. The standard InChI is InChI=1S/C30H24F6N2O7S/c1-14-21(28(43)44)7-16(27(41)42)8-22(14)37-26(46)4-5-38-23-3-2-19(39)6-15(23)9-24(38)25(40)13-45-20-11-17(29(31,32)33)10-18(12-20)30(34,35)36/h2-3,6-8,10-12,24,39H,4-5,9,13H2,1H3,(H,37,46)(H,41,42)(H,43,44). The van der Waals surface area contributed by atoms with Gasteiger partial charge < -0.3 is 30.3 Å². The lowest BCUT2D eigenvalue weighted by atomic mass is 10.0. The highest BCUT2D eigenvalue weighted by Crippen LogP contribution is 2.39. The van der Waals surface area contributed by atoms with Crippen molar-refractivity contribution in [1.82, 2.24) is 0 Å². The number of thiocarbonyl (C=S) groups is 1. The minimum atomic E-state index is -5.11. The SMILES string of the molecule is Cc1c(NC(=S)CCN2c3ccc(O)cc3CC2C(=O)COc2cc(C(F)(F)F)cc(C(F)(F)F)c2)cc(C(=O)O)cc1C(=O)O. The Morgan fingerprint density at radius 3 is 2.15 bits per heavy atom. The highest BCUT2D eigenvalue weighted by molar-refractivity contribution is 7.80. The molecule has 9 nitrogen and oxygen atoms in total. The highest BCUT2D eigenvalue weighted by Gasteiger charge is 2.38. The van der Waals surface area contributed by atoms with Crippen molar-refractivity contribution in [1.29, 1.82) is 0 Å². The van der Waals surface area contributed by atoms with Gasteiger partial charge in [0.1, 0.15) is 18.1 Å². The number of Topliss-reactive ketones (excluding diaryl/α,β-unsaturated/α-hetero) is 1. The molecule has 4 rings (SSSR count). The van der Waals surface area contributed by atoms with Gasteiger partial charge in [0.05, 0.1) is 33.3 Å². The minimum Gasteiger partial charge on any atom is -0.508 e. The fourth-order valence-electron chi connectivity index (χ4n) is 4.95. The molecule has 0 amide bonds. The Labute approximate surface area is 262 Å². The topological polar surface area (TPSA) is 136 Å². The van der Waals surface area contributed by atoms with Crippen molar-refractivity contribution < 1.29 is 60.8 Å². The number of aromatic hydroxyl groups is 1. The van der Waals surface area contributed by atoms with E-state index in [1.807, 2.05) is 0 Å². The van der Waals surface area contributed by atoms with Crippen LogP contribution in [0.3, 0.4) is 0 Å². The van der Waals surface area contributed by atoms with E-state index in [0.717, 1.165) is 6.07 Å². The summed E-state index contributed by atoms with van der Waals surface area (Å²) < 4.78 is 84.6. The number of ketones is 1. The van der Waals surface area contributed by atoms with Crippen molar-refractivity contribution in [2.75, 3.05) is 23.4 Å². The summed E-state index contributed by atoms with van der Waals surface area (Å²) in [5.74, 6) is -4.31. The predicted octanol–water partition coefficient (Wildman–Crippen LogP) is 6.34. The fraction of sp³-hybridized carbons (Fsp3) is 0.267. The second kappa shape index (κ2) is 12.9. The number of carboxylic acids is 2. The molecule has 4 N–H and O–H groups in total. The zero-order chi connectivity index (χ0) is 34.1. The summed E-state index contributed by atoms with van der Waals surface area (Å²) in [5.41, 5.74) is -2.36. The van der Waals surface area contributed by atoms with Gasteiger partial charge in [-0.05, 0) is 66.6 Å². The molecule has 0 spiro atoms. The normalized spacial score (nSPS) is 14.5. The van der Waals surface area contributed by atoms with Gasteiger partial charge in [-0.25, -0.2) is 9.59 Å². The first kappa shape index (κ1) is 34.0. The first-order valence-corrected chi connectivity index (χ1v) is 13.7. The Morgan fingerprint density at radius 1 is 0.957 bits per heavy atom. The zero-order valence-corrected chi connectivity index (χ0v) is 24.4. The monoisotopic (exact) mass is 670 g/mol. The van der Waals surface area contributed by atoms with Gasteiger partial charge in [-0.15, -0.1) is 0 Å². The van der Waals surface area contributed by atoms with Gasteiger partial charge in [-0.1, -0.05) is 12.2 Å². The molecule has 3 aromatic rings. The van der Waals surface area contributed by atoms with Crippen molar-refractivity contribution in [2.45, 2.75) is 38.2 Å². The molecule has 46 heavy (non-hydrogen) atoms. The molecule has 0 radical (unpaired) electrons. The number of carboxylic acid groups (broad SMARTS) is 2. The van der Waals surface area contributed by atoms with Crippen LogP contribution in [0, 0.1) is 6.92 Å². The summed E-state index contributed by atoms with van der Waals surface area (Å²) in [4.78, 5) is 38.2. The molecule has 0 fully saturated rings. The van der Waals surface area contributed by atoms with Crippen LogP contribution in [0.15, 0.2) is 48.5 Å². The van der Waals surface area contributed by atoms with Crippen LogP contribution in [0.25, 0.3) is 0 Å². The number of ether oxygens (including phenoxy) is 1. The van der Waals surface area contributed by atoms with E-state index in [0.29, 0.717) is 23.4 Å². The van der Waals surface area contributed by atoms with E-state index in [9.17, 15) is 56.0 Å². The number of halogens is 6. The third-order valence-corrected chi connectivity index (χ3v) is 7.52. The van der Waals surface area contributed by atoms with Crippen molar-refractivity contribution in [2.24, 2.45) is 0 Å². The molecule has 244 valence electrons. The lowest BCUT2D eigenvalue weighted by Crippen LogP contribution is -2.42. The Bertz CT molecular complexity index is 1690. The maximum atomic E-state index is 13.3. The molecule has 3 aromatic carbocycles. The van der Waals surface area contributed by atoms with Gasteiger partial charge in [-0.2, -0.15) is 26.3 Å². The van der Waals surface area contributed by atoms with Crippen LogP contribution in [0.1, 0.15) is 49.4 Å². The number of benzene rings is 3. The number of hydrogen-bond acceptors (Lipinski definition) is 7. The predicted molar refractivity (Wildman–Crippen MR) is 156 cm³/mol. The Hall–Kier alpha value is -4.86. The lowest BCUT2D eigenvalue weighted by Gasteiger charge is -2.27. The summed E-state index contributed by atoms with van der Waals surface area (Å²) in [5, 5.41) is 31.6. The number of fused-ring (bicyclic) bond motifs is 1. The maximum Gasteiger partial charge on any atom is 0.416 e. The lowest BCUT2D eigenvalue weighted by molar-refractivity contribution is -0.143. The van der Waals surface area contributed by atoms with Gasteiger partial charge in [0.2, 0.25) is 0 Å². The summed E-state index contributed by atoms with van der Waals surface area (Å²) in [6.07, 6.45) is -10.1. The number of nitrogens with zero attached hydrogens (tertiary/aromatic N) is 1. The molecule has 1 heterocycles. The van der Waals surface area contributed by atoms with Crippen molar-refractivity contribution in [3.8, 4) is 11.5 Å². The van der Waals surface area contributed by atoms with E-state index < -0.39 is 59.6 Å². The van der Waals surface area contributed by atoms with Gasteiger partial charge in [0.15, 0.2) is 5.78 Å². The molecule has 0 saturated carbocycles. The number of nitrogens with one attached hydrogen (secondary N) is 1. The molecule has 0 aromatic heterocycles. The number of phenols is 1. The Balaban J connectivity index is 1.53. The van der Waals surface area contributed by atoms with Gasteiger partial charge >= 0.3 is 24.3 Å². The second-order valence-corrected chi connectivity index (χ2v) is 10.8. The van der Waals surface area contributed by atoms with E-state index in [-0.39, 0.29) is 58.6 Å². The summed E-state index contributed by atoms with van der Waals surface area (Å²) in [6, 6.07) is 6.19. The molecular formula is C30H24F6N2O7S. The molecule has 16 heteroatoms. The number of phenolic OH excluding ortho intramolecular Hbond substituents is 1. The van der Waals surface area contributed by atoms with Crippen LogP contribution in [0.2, 0.25) is 0 Å². The van der Waals surface area contributed by atoms with Crippen LogP contribution < -0.4 is 15.0 Å². The summed E-state index contributed by atoms with van der Waals surface area (Å²) >= 11 is 5.41. The van der Waals surface area contributed by atoms with Crippen LogP contribution in [0.4, 0.5) is 37.7 Å². The molecule has 1 aliphatic heterocycles. The number of rotatable bonds is 10. The highest BCUT2D eigenvalue weighted by atomic mass is 32.1. The number of alkyl halides is 6. The number of aromatic carboxylic acids is 2. The Morgan fingerprint density at radius 2 is 1.59 bits per heavy atom. The van der Waals surface area contributed by atoms with Gasteiger partial charge in [0, 0.05) is 30.8 Å². The smallest absolute Gasteiger partial charge is 0.416 e. The first-order chi connectivity index (χ1) is 21.3. The van der Waals surface area contributed by atoms with Crippen molar-refractivity contribution >= 4 is 46.3 Å². The van der Waals surface area contributed by atoms with Gasteiger partial charge in [0.25, 0.3) is 0 Å². The number of hydrogen-bond donors (Lipinski definition) is 4. The first-order valence-electron chi connectivity index (χ1n) is 13.3. The third kappa shape index (κ3) is 7.67. The summed E-state index contributed by atoms with van der Waals surface area (Å²) in [6.45, 7) is 0.632. The Kier molecular flexibility index (Phi) is 9.51. The van der Waals surface area contributed by atoms with E-state index in [1.54, 1.807) is 4.90 Å². The largest absolute Gasteiger partial charge is 0.508 e. The maximum absolute atomic E-state index is 13.3. The third-order valence-electron chi connectivity index (χ3n) is 7.21. The number of anilines is 2. The molecular weight excluding hydrogens is 646 g/mol. The van der Waals surface area contributed by atoms with Crippen LogP contribution in [-0.2, 0) is 23.6 Å². The number of carbonyl (C=O) groups excluding carboxylic acids is 1. The molecule has 0 aliphatic carbocycles. The molecule has 1 unspecified atom stereocenters. The van der Waals surface area contributed by atoms with E-state index in [2.05, 4.69) is 5.32 Å². The van der Waals surface area contributed by atoms with Crippen LogP contribution in [0.5, 0.6) is 11.5 Å². The zero-order valence-electron chi connectivity index (χ0n) is 23.6. The number of carbonyl (C=O) groups is 3. The van der Waals surface area contributed by atoms with Crippen LogP contribution >= 0.6 is 12.2 Å². The van der Waals surface area contributed by atoms with E-state index in [1.165, 1.54) is 31.2 Å². The fourth-order valence-corrected chi connectivity index (χ4v) is 5.15. The summed E-state index contributed by atoms with van der Waals surface area (Å²) in [7, 11) is 0. The molecule has 1 aliphatic rings.